The second kappa shape index (κ2) is 8.05. The molecule has 0 aromatic heterocycles. The quantitative estimate of drug-likeness (QED) is 0.399. The van der Waals surface area contributed by atoms with Crippen molar-refractivity contribution in [1.82, 2.24) is 0 Å². The van der Waals surface area contributed by atoms with E-state index in [2.05, 4.69) is 0 Å². The molecule has 0 saturated carbocycles. The topological polar surface area (TPSA) is 97.6 Å². The Morgan fingerprint density at radius 3 is 2.20 bits per heavy atom. The molecule has 1 fully saturated rings. The van der Waals surface area contributed by atoms with Crippen LogP contribution in [-0.4, -0.2) is 38.5 Å². The Balaban J connectivity index is 1.85. The number of halogens is 3. The van der Waals surface area contributed by atoms with Crippen molar-refractivity contribution in [3.63, 3.8) is 0 Å². The maximum atomic E-state index is 13.9. The highest BCUT2D eigenvalue weighted by atomic mass is 32.2. The van der Waals surface area contributed by atoms with Crippen molar-refractivity contribution < 1.29 is 31.3 Å². The van der Waals surface area contributed by atoms with Crippen LogP contribution in [0.4, 0.5) is 24.5 Å². The van der Waals surface area contributed by atoms with Gasteiger partial charge in [0.1, 0.15) is 28.0 Å². The third-order valence-electron chi connectivity index (χ3n) is 5.02. The number of nitrogens with zero attached hydrogens (tertiary/aromatic N) is 2. The van der Waals surface area contributed by atoms with Crippen molar-refractivity contribution in [2.24, 2.45) is 5.92 Å². The van der Waals surface area contributed by atoms with Gasteiger partial charge in [-0.05, 0) is 25.0 Å². The molecule has 1 heterocycles. The molecule has 11 heteroatoms. The fourth-order valence-corrected chi connectivity index (χ4v) is 4.47. The van der Waals surface area contributed by atoms with Crippen LogP contribution in [0.2, 0.25) is 0 Å². The van der Waals surface area contributed by atoms with Gasteiger partial charge in [-0.25, -0.2) is 21.6 Å². The lowest BCUT2D eigenvalue weighted by Gasteiger charge is -2.33. The summed E-state index contributed by atoms with van der Waals surface area (Å²) in [5.41, 5.74) is -1.27. The van der Waals surface area contributed by atoms with E-state index in [9.17, 15) is 36.5 Å². The first-order valence-electron chi connectivity index (χ1n) is 8.92. The average Bonchev–Trinajstić information content (AvgIpc) is 2.66. The van der Waals surface area contributed by atoms with E-state index in [0.29, 0.717) is 12.1 Å². The van der Waals surface area contributed by atoms with Gasteiger partial charge in [0, 0.05) is 37.4 Å². The molecule has 0 spiro atoms. The van der Waals surface area contributed by atoms with E-state index in [-0.39, 0.29) is 31.6 Å². The van der Waals surface area contributed by atoms with Crippen molar-refractivity contribution in [2.75, 3.05) is 24.2 Å². The summed E-state index contributed by atoms with van der Waals surface area (Å²) >= 11 is 0. The number of para-hydroxylation sites is 1. The highest BCUT2D eigenvalue weighted by Gasteiger charge is 2.34. The van der Waals surface area contributed by atoms with Crippen LogP contribution in [0, 0.1) is 33.5 Å². The van der Waals surface area contributed by atoms with Gasteiger partial charge in [-0.3, -0.25) is 14.9 Å². The summed E-state index contributed by atoms with van der Waals surface area (Å²) in [5.74, 6) is -5.25. The first-order chi connectivity index (χ1) is 14.0. The van der Waals surface area contributed by atoms with Crippen LogP contribution in [-0.2, 0) is 9.84 Å². The molecule has 0 bridgehead atoms. The molecular weight excluding hydrogens is 425 g/mol. The molecule has 0 amide bonds. The Kier molecular flexibility index (Phi) is 5.84. The van der Waals surface area contributed by atoms with E-state index >= 15 is 0 Å². The van der Waals surface area contributed by atoms with Gasteiger partial charge >= 0.3 is 5.69 Å². The summed E-state index contributed by atoms with van der Waals surface area (Å²) in [6, 6.07) is 4.82. The SMILES string of the molecule is CS(=O)(=O)c1cccc(N2CCC(C(=O)c3c(F)cc(F)cc3F)CC2)c1[N+](=O)[O-]. The molecule has 0 radical (unpaired) electrons. The Labute approximate surface area is 170 Å². The molecule has 1 saturated heterocycles. The number of ketones is 1. The van der Waals surface area contributed by atoms with Crippen LogP contribution in [0.3, 0.4) is 0 Å². The second-order valence-electron chi connectivity index (χ2n) is 7.02. The standard InChI is InChI=1S/C19H17F3N2O5S/c1-30(28,29)16-4-2-3-15(18(16)24(26)27)23-7-5-11(6-8-23)19(25)17-13(21)9-12(20)10-14(17)22/h2-4,9-11H,5-8H2,1H3. The molecule has 3 rings (SSSR count). The highest BCUT2D eigenvalue weighted by Crippen LogP contribution is 2.37. The van der Waals surface area contributed by atoms with Gasteiger partial charge in [0.2, 0.25) is 0 Å². The number of nitro benzene ring substituents is 1. The molecular formula is C19H17F3N2O5S. The fourth-order valence-electron chi connectivity index (χ4n) is 3.61. The van der Waals surface area contributed by atoms with Gasteiger partial charge in [-0.2, -0.15) is 0 Å². The van der Waals surface area contributed by atoms with Gasteiger partial charge in [0.05, 0.1) is 10.5 Å². The Hall–Kier alpha value is -2.95. The molecule has 160 valence electrons. The zero-order valence-electron chi connectivity index (χ0n) is 15.8. The van der Waals surface area contributed by atoms with Crippen molar-refractivity contribution in [1.29, 1.82) is 0 Å². The van der Waals surface area contributed by atoms with Crippen molar-refractivity contribution in [3.05, 3.63) is 63.5 Å². The van der Waals surface area contributed by atoms with E-state index < -0.39 is 60.1 Å². The summed E-state index contributed by atoms with van der Waals surface area (Å²) in [7, 11) is -3.85. The van der Waals surface area contributed by atoms with Crippen LogP contribution >= 0.6 is 0 Å². The molecule has 0 atom stereocenters. The van der Waals surface area contributed by atoms with Gasteiger partial charge in [0.15, 0.2) is 15.6 Å². The fraction of sp³-hybridized carbons (Fsp3) is 0.316. The van der Waals surface area contributed by atoms with E-state index in [1.54, 1.807) is 4.90 Å². The molecule has 0 N–H and O–H groups in total. The minimum atomic E-state index is -3.85. The summed E-state index contributed by atoms with van der Waals surface area (Å²) in [6.45, 7) is 0.268. The molecule has 2 aromatic rings. The maximum Gasteiger partial charge on any atom is 0.311 e. The van der Waals surface area contributed by atoms with Crippen LogP contribution < -0.4 is 4.90 Å². The molecule has 1 aliphatic heterocycles. The van der Waals surface area contributed by atoms with Crippen molar-refractivity contribution in [3.8, 4) is 0 Å². The number of benzene rings is 2. The lowest BCUT2D eigenvalue weighted by atomic mass is 9.88. The minimum absolute atomic E-state index is 0.0907. The molecule has 0 unspecified atom stereocenters. The van der Waals surface area contributed by atoms with Gasteiger partial charge < -0.3 is 4.90 Å². The lowest BCUT2D eigenvalue weighted by Crippen LogP contribution is -2.37. The average molecular weight is 442 g/mol. The largest absolute Gasteiger partial charge is 0.366 e. The zero-order chi connectivity index (χ0) is 22.2. The normalized spacial score (nSPS) is 15.3. The number of hydrogen-bond acceptors (Lipinski definition) is 6. The molecule has 0 aliphatic carbocycles. The monoisotopic (exact) mass is 442 g/mol. The van der Waals surface area contributed by atoms with E-state index in [1.807, 2.05) is 0 Å². The second-order valence-corrected chi connectivity index (χ2v) is 9.01. The minimum Gasteiger partial charge on any atom is -0.366 e. The number of Topliss-reactive ketones (excluding diaryl/α,β-unsaturated/α-hetero) is 1. The van der Waals surface area contributed by atoms with Crippen LogP contribution in [0.5, 0.6) is 0 Å². The number of rotatable bonds is 5. The summed E-state index contributed by atoms with van der Waals surface area (Å²) in [6.07, 6.45) is 1.14. The number of sulfone groups is 1. The van der Waals surface area contributed by atoms with Crippen molar-refractivity contribution >= 4 is 27.0 Å². The number of carbonyl (C=O) groups is 1. The summed E-state index contributed by atoms with van der Waals surface area (Å²) in [5, 5.41) is 11.5. The van der Waals surface area contributed by atoms with Gasteiger partial charge in [-0.1, -0.05) is 6.07 Å². The van der Waals surface area contributed by atoms with E-state index in [1.165, 1.54) is 12.1 Å². The molecule has 1 aliphatic rings. The number of piperidine rings is 1. The summed E-state index contributed by atoms with van der Waals surface area (Å²) < 4.78 is 64.7. The number of carbonyl (C=O) groups excluding carboxylic acids is 1. The maximum absolute atomic E-state index is 13.9. The zero-order valence-corrected chi connectivity index (χ0v) is 16.6. The first-order valence-corrected chi connectivity index (χ1v) is 10.8. The summed E-state index contributed by atoms with van der Waals surface area (Å²) in [4.78, 5) is 24.5. The number of nitro groups is 1. The third kappa shape index (κ3) is 4.16. The van der Waals surface area contributed by atoms with Crippen LogP contribution in [0.15, 0.2) is 35.2 Å². The molecule has 30 heavy (non-hydrogen) atoms. The number of anilines is 1. The molecule has 7 nitrogen and oxygen atoms in total. The third-order valence-corrected chi connectivity index (χ3v) is 6.15. The Morgan fingerprint density at radius 2 is 1.70 bits per heavy atom. The number of hydrogen-bond donors (Lipinski definition) is 0. The smallest absolute Gasteiger partial charge is 0.311 e. The van der Waals surface area contributed by atoms with Crippen LogP contribution in [0.25, 0.3) is 0 Å². The lowest BCUT2D eigenvalue weighted by molar-refractivity contribution is -0.387. The van der Waals surface area contributed by atoms with Gasteiger partial charge in [-0.15, -0.1) is 0 Å². The van der Waals surface area contributed by atoms with E-state index in [4.69, 9.17) is 0 Å². The highest BCUT2D eigenvalue weighted by molar-refractivity contribution is 7.90. The van der Waals surface area contributed by atoms with Crippen molar-refractivity contribution in [2.45, 2.75) is 17.7 Å². The van der Waals surface area contributed by atoms with Gasteiger partial charge in [0.25, 0.3) is 0 Å². The van der Waals surface area contributed by atoms with Crippen LogP contribution in [0.1, 0.15) is 23.2 Å². The van der Waals surface area contributed by atoms with E-state index in [0.717, 1.165) is 12.3 Å². The molecule has 2 aromatic carbocycles. The first kappa shape index (κ1) is 21.8. The Bertz CT molecular complexity index is 1110. The Morgan fingerprint density at radius 1 is 1.13 bits per heavy atom. The predicted octanol–water partition coefficient (Wildman–Crippen LogP) is 3.51. The predicted molar refractivity (Wildman–Crippen MR) is 102 cm³/mol.